The summed E-state index contributed by atoms with van der Waals surface area (Å²) in [4.78, 5) is 25.7. The first-order valence-corrected chi connectivity index (χ1v) is 18.7. The number of nitrogens with zero attached hydrogens (tertiary/aromatic N) is 8. The van der Waals surface area contributed by atoms with Gasteiger partial charge in [-0.25, -0.2) is 9.97 Å². The van der Waals surface area contributed by atoms with Crippen LogP contribution in [0.4, 0.5) is 0 Å². The van der Waals surface area contributed by atoms with Gasteiger partial charge in [-0.1, -0.05) is 69.6 Å². The second-order valence-corrected chi connectivity index (χ2v) is 15.4. The zero-order chi connectivity index (χ0) is 32.5. The summed E-state index contributed by atoms with van der Waals surface area (Å²) in [5.41, 5.74) is 19.5. The van der Waals surface area contributed by atoms with E-state index in [1.54, 1.807) is 45.3 Å². The van der Waals surface area contributed by atoms with Crippen molar-refractivity contribution in [3.8, 4) is 41.8 Å². The molecule has 0 saturated carbocycles. The number of fused-ring (bicyclic) bond motifs is 8. The third-order valence-electron chi connectivity index (χ3n) is 8.26. The fourth-order valence-electron chi connectivity index (χ4n) is 6.13. The number of aromatic nitrogens is 8. The Kier molecular flexibility index (Phi) is 15.5. The van der Waals surface area contributed by atoms with Gasteiger partial charge in [0.15, 0.2) is 24.8 Å². The van der Waals surface area contributed by atoms with Crippen molar-refractivity contribution in [1.29, 1.82) is 0 Å². The summed E-state index contributed by atoms with van der Waals surface area (Å²) < 4.78 is 8.33. The first kappa shape index (κ1) is 45.5. The van der Waals surface area contributed by atoms with Gasteiger partial charge in [-0.2, -0.15) is 18.3 Å². The van der Waals surface area contributed by atoms with E-state index in [9.17, 15) is 0 Å². The minimum absolute atomic E-state index is 0. The fourth-order valence-corrected chi connectivity index (χ4v) is 9.71. The molecule has 0 unspecified atom stereocenters. The molecule has 0 amide bonds. The zero-order valence-corrected chi connectivity index (χ0v) is 36.9. The maximum atomic E-state index is 5.33. The van der Waals surface area contributed by atoms with Crippen LogP contribution in [0.3, 0.4) is 0 Å². The summed E-state index contributed by atoms with van der Waals surface area (Å²) in [6.07, 6.45) is 17.1. The third-order valence-corrected chi connectivity index (χ3v) is 12.3. The van der Waals surface area contributed by atoms with Crippen molar-refractivity contribution in [2.45, 2.75) is 0 Å². The minimum Gasteiger partial charge on any atom is -1.00 e. The van der Waals surface area contributed by atoms with Crippen LogP contribution in [0.25, 0.3) is 88.1 Å². The summed E-state index contributed by atoms with van der Waals surface area (Å²) in [5, 5.41) is 0. The Bertz CT molecular complexity index is 2320. The summed E-state index contributed by atoms with van der Waals surface area (Å²) >= 11 is 6.75. The summed E-state index contributed by atoms with van der Waals surface area (Å²) in [7, 11) is 8.20. The van der Waals surface area contributed by atoms with Crippen LogP contribution < -0.4 is 90.3 Å². The van der Waals surface area contributed by atoms with Crippen LogP contribution in [0.15, 0.2) is 71.1 Å². The second kappa shape index (κ2) is 18.4. The van der Waals surface area contributed by atoms with Gasteiger partial charge in [-0.3, -0.25) is 0 Å². The van der Waals surface area contributed by atoms with E-state index in [0.29, 0.717) is 0 Å². The minimum atomic E-state index is 0. The zero-order valence-electron chi connectivity index (χ0n) is 28.7. The van der Waals surface area contributed by atoms with Crippen LogP contribution in [-0.4, -0.2) is 9.97 Å². The third kappa shape index (κ3) is 8.28. The molecule has 18 heteroatoms. The molecule has 2 aliphatic heterocycles. The fraction of sp³-hybridized carbons (Fsp3) is 0.111. The van der Waals surface area contributed by atoms with Gasteiger partial charge in [0.2, 0.25) is 22.0 Å². The van der Waals surface area contributed by atoms with E-state index in [1.165, 1.54) is 0 Å². The summed E-state index contributed by atoms with van der Waals surface area (Å²) in [6.45, 7) is 0. The maximum absolute atomic E-state index is 5.33. The second-order valence-electron chi connectivity index (χ2n) is 11.9. The molecule has 2 aliphatic rings. The molecule has 0 fully saturated rings. The molecule has 0 spiro atoms. The van der Waals surface area contributed by atoms with Crippen molar-refractivity contribution in [3.63, 3.8) is 0 Å². The molecule has 0 saturated heterocycles. The smallest absolute Gasteiger partial charge is 1.00 e. The van der Waals surface area contributed by atoms with Crippen molar-refractivity contribution < 1.29 is 97.4 Å². The van der Waals surface area contributed by atoms with Gasteiger partial charge in [-0.05, 0) is 24.3 Å². The molecule has 54 heavy (non-hydrogen) atoms. The normalized spacial score (nSPS) is 11.0. The molecule has 9 heterocycles. The Hall–Kier alpha value is -2.91. The molecule has 7 aromatic heterocycles. The van der Waals surface area contributed by atoms with Gasteiger partial charge < -0.3 is 72.0 Å². The Balaban J connectivity index is 0.00000131. The molecular weight excluding hydrogens is 905 g/mol. The van der Waals surface area contributed by atoms with E-state index in [4.69, 9.17) is 19.9 Å². The molecule has 1 radical (unpaired) electrons. The van der Waals surface area contributed by atoms with Crippen molar-refractivity contribution >= 4 is 91.7 Å². The predicted octanol–water partition coefficient (Wildman–Crippen LogP) is -8.86. The molecule has 9 rings (SSSR count). The monoisotopic (exact) mass is 930 g/mol. The van der Waals surface area contributed by atoms with E-state index >= 15 is 0 Å². The van der Waals surface area contributed by atoms with Gasteiger partial charge in [0.25, 0.3) is 0 Å². The van der Waals surface area contributed by atoms with Crippen molar-refractivity contribution in [1.82, 2.24) is 19.9 Å². The molecule has 0 aromatic carbocycles. The number of hydrogen-bond donors (Lipinski definition) is 0. The SMILES string of the molecule is C[n+]1csc(-c2c3nc(c(-c4c[n+](C)cs4)c4ccc([n-]4)c(-c4c[n+](C)cs4)c4nc(c(-c5c[n+](C)cs5)c5ccc2[n-]5)C=C4)C=C3)c1.[Cl-].[Cl-].[Cl-].[Cl-].[Cl-].[Mn+2]. The Morgan fingerprint density at radius 3 is 0.815 bits per heavy atom. The predicted molar refractivity (Wildman–Crippen MR) is 195 cm³/mol. The van der Waals surface area contributed by atoms with Crippen molar-refractivity contribution in [2.24, 2.45) is 28.2 Å². The molecule has 8 nitrogen and oxygen atoms in total. The van der Waals surface area contributed by atoms with Crippen LogP contribution in [0, 0.1) is 0 Å². The topological polar surface area (TPSA) is 69.5 Å². The average Bonchev–Trinajstić information content (AvgIpc) is 3.89. The molecule has 0 atom stereocenters. The van der Waals surface area contributed by atoms with Gasteiger partial charge in [0.05, 0.1) is 22.8 Å². The van der Waals surface area contributed by atoms with Crippen LogP contribution in [-0.2, 0) is 45.3 Å². The van der Waals surface area contributed by atoms with E-state index in [2.05, 4.69) is 114 Å². The maximum Gasteiger partial charge on any atom is 2.00 e. The van der Waals surface area contributed by atoms with Crippen LogP contribution >= 0.6 is 45.3 Å². The molecule has 0 N–H and O–H groups in total. The number of aryl methyl sites for hydroxylation is 4. The van der Waals surface area contributed by atoms with Crippen LogP contribution in [0.2, 0.25) is 0 Å². The number of halogens is 5. The van der Waals surface area contributed by atoms with Gasteiger partial charge in [-0.15, -0.1) is 22.1 Å². The Morgan fingerprint density at radius 2 is 0.630 bits per heavy atom. The van der Waals surface area contributed by atoms with E-state index < -0.39 is 0 Å². The van der Waals surface area contributed by atoms with E-state index in [-0.39, 0.29) is 79.1 Å². The van der Waals surface area contributed by atoms with Crippen molar-refractivity contribution in [2.75, 3.05) is 0 Å². The van der Waals surface area contributed by atoms with E-state index in [1.807, 2.05) is 28.2 Å². The van der Waals surface area contributed by atoms with Gasteiger partial charge in [0.1, 0.15) is 47.7 Å². The number of rotatable bonds is 4. The molecule has 8 bridgehead atoms. The molecule has 279 valence electrons. The summed E-state index contributed by atoms with van der Waals surface area (Å²) in [6, 6.07) is 8.47. The van der Waals surface area contributed by atoms with Gasteiger partial charge in [0, 0.05) is 22.3 Å². The van der Waals surface area contributed by atoms with Crippen LogP contribution in [0.1, 0.15) is 22.8 Å². The van der Waals surface area contributed by atoms with Gasteiger partial charge >= 0.3 is 17.1 Å². The first-order valence-electron chi connectivity index (χ1n) is 15.2. The Morgan fingerprint density at radius 1 is 0.407 bits per heavy atom. The van der Waals surface area contributed by atoms with Crippen molar-refractivity contribution in [3.05, 3.63) is 93.9 Å². The first-order chi connectivity index (χ1) is 23.4. The number of thiazole rings is 4. The largest absolute Gasteiger partial charge is 2.00 e. The average molecular weight is 933 g/mol. The quantitative estimate of drug-likeness (QED) is 0.130. The number of hydrogen-bond acceptors (Lipinski definition) is 6. The summed E-state index contributed by atoms with van der Waals surface area (Å²) in [5.74, 6) is 0. The molecule has 0 aliphatic carbocycles. The van der Waals surface area contributed by atoms with E-state index in [0.717, 1.165) is 86.6 Å². The Labute approximate surface area is 369 Å². The molecular formula is C36H28Cl5MnN8S4-. The standard InChI is InChI=1S/C36H28N8S4.5ClH.Mn/c1-41-13-29(45-17-41)33-21-5-7-23(37-21)34(30-14-42(2)18-46-30)25-9-11-27(39-25)36(32-16-44(4)20-48-32)28-12-10-26(40-28)35(24-8-6-22(33)38-24)31-15-43(3)19-47-31;;;;;;/h5-20H,1-4H3;5*1H;/q+2;;;;;;+2/p-5. The molecule has 7 aromatic rings. The van der Waals surface area contributed by atoms with Crippen LogP contribution in [0.5, 0.6) is 0 Å².